The van der Waals surface area contributed by atoms with Crippen LogP contribution in [-0.4, -0.2) is 0 Å². The largest absolute Gasteiger partial charge is 0.311 e. The van der Waals surface area contributed by atoms with E-state index >= 15 is 0 Å². The number of anilines is 6. The molecular formula is C64H60N2. The minimum Gasteiger partial charge on any atom is -0.311 e. The molecule has 0 N–H and O–H groups in total. The SMILES string of the molecule is Cc1ccc(N(c2ccc(/C=C/C=C/c3c(C)cc(C)cc3C)cc2)c2ccc(-c3ccc(N(c4ccc(C)cc4)c4ccc(/C=C/C=C/c5c(C)cc(C)cc5C)cc4)cc3)cc2)cc1. The summed E-state index contributed by atoms with van der Waals surface area (Å²) in [6.07, 6.45) is 17.3. The van der Waals surface area contributed by atoms with Crippen LogP contribution in [0.1, 0.15) is 66.8 Å². The van der Waals surface area contributed by atoms with Gasteiger partial charge >= 0.3 is 0 Å². The quantitative estimate of drug-likeness (QED) is 0.107. The van der Waals surface area contributed by atoms with Crippen molar-refractivity contribution < 1.29 is 0 Å². The highest BCUT2D eigenvalue weighted by Crippen LogP contribution is 2.38. The van der Waals surface area contributed by atoms with E-state index in [4.69, 9.17) is 0 Å². The molecule has 8 aromatic carbocycles. The van der Waals surface area contributed by atoms with Gasteiger partial charge in [0.1, 0.15) is 0 Å². The predicted molar refractivity (Wildman–Crippen MR) is 288 cm³/mol. The third kappa shape index (κ3) is 10.8. The molecule has 0 aliphatic heterocycles. The van der Waals surface area contributed by atoms with Crippen LogP contribution >= 0.6 is 0 Å². The van der Waals surface area contributed by atoms with Gasteiger partial charge in [-0.05, 0) is 184 Å². The highest BCUT2D eigenvalue weighted by molar-refractivity contribution is 5.81. The van der Waals surface area contributed by atoms with Crippen LogP contribution in [0.2, 0.25) is 0 Å². The molecule has 0 unspecified atom stereocenters. The Hall–Kier alpha value is -7.68. The summed E-state index contributed by atoms with van der Waals surface area (Å²) in [6, 6.07) is 61.9. The lowest BCUT2D eigenvalue weighted by atomic mass is 9.99. The maximum Gasteiger partial charge on any atom is 0.0462 e. The zero-order valence-electron chi connectivity index (χ0n) is 39.7. The lowest BCUT2D eigenvalue weighted by molar-refractivity contribution is 1.27. The van der Waals surface area contributed by atoms with Crippen LogP contribution in [0.25, 0.3) is 35.4 Å². The fraction of sp³-hybridized carbons (Fsp3) is 0.125. The molecule has 0 aromatic heterocycles. The van der Waals surface area contributed by atoms with E-state index in [1.165, 1.54) is 66.8 Å². The number of aryl methyl sites for hydroxylation is 8. The predicted octanol–water partition coefficient (Wildman–Crippen LogP) is 18.2. The van der Waals surface area contributed by atoms with Gasteiger partial charge in [-0.3, -0.25) is 0 Å². The van der Waals surface area contributed by atoms with Crippen molar-refractivity contribution in [3.05, 3.63) is 261 Å². The number of hydrogen-bond acceptors (Lipinski definition) is 2. The summed E-state index contributed by atoms with van der Waals surface area (Å²) in [5.41, 5.74) is 24.2. The topological polar surface area (TPSA) is 6.48 Å². The van der Waals surface area contributed by atoms with Crippen molar-refractivity contribution in [2.24, 2.45) is 0 Å². The number of rotatable bonds is 13. The molecule has 2 nitrogen and oxygen atoms in total. The lowest BCUT2D eigenvalue weighted by Crippen LogP contribution is -2.10. The number of hydrogen-bond donors (Lipinski definition) is 0. The first-order valence-corrected chi connectivity index (χ1v) is 23.0. The van der Waals surface area contributed by atoms with Crippen LogP contribution in [0.5, 0.6) is 0 Å². The van der Waals surface area contributed by atoms with E-state index in [2.05, 4.69) is 284 Å². The fourth-order valence-electron chi connectivity index (χ4n) is 8.90. The van der Waals surface area contributed by atoms with Crippen molar-refractivity contribution in [3.63, 3.8) is 0 Å². The average molecular weight is 857 g/mol. The van der Waals surface area contributed by atoms with Crippen LogP contribution in [0.3, 0.4) is 0 Å². The Morgan fingerprint density at radius 2 is 0.500 bits per heavy atom. The maximum absolute atomic E-state index is 2.33. The van der Waals surface area contributed by atoms with Gasteiger partial charge in [0.05, 0.1) is 0 Å². The van der Waals surface area contributed by atoms with Gasteiger partial charge in [-0.1, -0.05) is 168 Å². The van der Waals surface area contributed by atoms with E-state index in [9.17, 15) is 0 Å². The van der Waals surface area contributed by atoms with E-state index in [0.717, 1.165) is 45.3 Å². The molecule has 8 aromatic rings. The summed E-state index contributed by atoms with van der Waals surface area (Å²) < 4.78 is 0. The Balaban J connectivity index is 1.00. The molecular weight excluding hydrogens is 797 g/mol. The Kier molecular flexibility index (Phi) is 13.9. The van der Waals surface area contributed by atoms with Crippen LogP contribution in [-0.2, 0) is 0 Å². The summed E-state index contributed by atoms with van der Waals surface area (Å²) >= 11 is 0. The van der Waals surface area contributed by atoms with Crippen molar-refractivity contribution in [2.75, 3.05) is 9.80 Å². The minimum atomic E-state index is 1.10. The third-order valence-electron chi connectivity index (χ3n) is 12.3. The smallest absolute Gasteiger partial charge is 0.0462 e. The molecule has 0 saturated heterocycles. The van der Waals surface area contributed by atoms with Gasteiger partial charge in [0.2, 0.25) is 0 Å². The first kappa shape index (κ1) is 44.9. The van der Waals surface area contributed by atoms with Crippen molar-refractivity contribution in [3.8, 4) is 11.1 Å². The van der Waals surface area contributed by atoms with Crippen molar-refractivity contribution in [1.82, 2.24) is 0 Å². The molecule has 0 aliphatic rings. The van der Waals surface area contributed by atoms with E-state index < -0.39 is 0 Å². The Morgan fingerprint density at radius 1 is 0.258 bits per heavy atom. The van der Waals surface area contributed by atoms with Gasteiger partial charge in [0.25, 0.3) is 0 Å². The fourth-order valence-corrected chi connectivity index (χ4v) is 8.90. The monoisotopic (exact) mass is 856 g/mol. The molecule has 0 radical (unpaired) electrons. The molecule has 0 saturated carbocycles. The van der Waals surface area contributed by atoms with E-state index in [0.29, 0.717) is 0 Å². The molecule has 0 aliphatic carbocycles. The normalized spacial score (nSPS) is 11.7. The standard InChI is InChI=1S/C64H60N2/c1-45-17-29-57(30-18-45)65(59-33-21-53(22-34-59)13-9-11-15-63-49(5)41-47(3)42-50(63)6)61-37-25-55(26-38-61)56-27-39-62(40-28-56)66(58-31-19-46(2)20-32-58)60-35-23-54(24-36-60)14-10-12-16-64-51(7)43-48(4)44-52(64)8/h9-44H,1-8H3/b13-9+,14-10+,15-11+,16-12+. The molecule has 0 bridgehead atoms. The number of nitrogens with zero attached hydrogens (tertiary/aromatic N) is 2. The Morgan fingerprint density at radius 3 is 0.788 bits per heavy atom. The van der Waals surface area contributed by atoms with E-state index in [1.54, 1.807) is 0 Å². The third-order valence-corrected chi connectivity index (χ3v) is 12.3. The van der Waals surface area contributed by atoms with Gasteiger partial charge in [-0.15, -0.1) is 0 Å². The van der Waals surface area contributed by atoms with Gasteiger partial charge < -0.3 is 9.80 Å². The van der Waals surface area contributed by atoms with Crippen LogP contribution < -0.4 is 9.80 Å². The highest BCUT2D eigenvalue weighted by Gasteiger charge is 2.15. The van der Waals surface area contributed by atoms with Crippen molar-refractivity contribution in [1.29, 1.82) is 0 Å². The molecule has 66 heavy (non-hydrogen) atoms. The van der Waals surface area contributed by atoms with Gasteiger partial charge in [0, 0.05) is 34.1 Å². The number of benzene rings is 8. The summed E-state index contributed by atoms with van der Waals surface area (Å²) in [7, 11) is 0. The highest BCUT2D eigenvalue weighted by atomic mass is 15.1. The molecule has 0 fully saturated rings. The molecule has 0 amide bonds. The molecule has 326 valence electrons. The molecule has 0 atom stereocenters. The first-order chi connectivity index (χ1) is 32.0. The van der Waals surface area contributed by atoms with Gasteiger partial charge in [-0.25, -0.2) is 0 Å². The summed E-state index contributed by atoms with van der Waals surface area (Å²) in [6.45, 7) is 17.3. The van der Waals surface area contributed by atoms with E-state index in [1.807, 2.05) is 0 Å². The summed E-state index contributed by atoms with van der Waals surface area (Å²) in [4.78, 5) is 4.65. The average Bonchev–Trinajstić information content (AvgIpc) is 3.31. The molecule has 2 heteroatoms. The molecule has 0 heterocycles. The molecule has 8 rings (SSSR count). The lowest BCUT2D eigenvalue weighted by Gasteiger charge is -2.26. The summed E-state index contributed by atoms with van der Waals surface area (Å²) in [5.74, 6) is 0. The summed E-state index contributed by atoms with van der Waals surface area (Å²) in [5, 5.41) is 0. The van der Waals surface area contributed by atoms with Crippen LogP contribution in [0.15, 0.2) is 194 Å². The molecule has 0 spiro atoms. The maximum atomic E-state index is 2.33. The Bertz CT molecular complexity index is 2780. The van der Waals surface area contributed by atoms with Gasteiger partial charge in [-0.2, -0.15) is 0 Å². The van der Waals surface area contributed by atoms with Crippen LogP contribution in [0.4, 0.5) is 34.1 Å². The zero-order chi connectivity index (χ0) is 46.2. The minimum absolute atomic E-state index is 1.10. The Labute approximate surface area is 393 Å². The van der Waals surface area contributed by atoms with Crippen molar-refractivity contribution >= 4 is 58.4 Å². The second kappa shape index (κ2) is 20.4. The van der Waals surface area contributed by atoms with Gasteiger partial charge in [0.15, 0.2) is 0 Å². The number of allylic oxidation sites excluding steroid dienone is 4. The van der Waals surface area contributed by atoms with Crippen LogP contribution in [0, 0.1) is 55.4 Å². The second-order valence-corrected chi connectivity index (χ2v) is 17.7. The zero-order valence-corrected chi connectivity index (χ0v) is 39.7. The van der Waals surface area contributed by atoms with Crippen molar-refractivity contribution in [2.45, 2.75) is 55.4 Å². The van der Waals surface area contributed by atoms with E-state index in [-0.39, 0.29) is 0 Å². The first-order valence-electron chi connectivity index (χ1n) is 23.0. The second-order valence-electron chi connectivity index (χ2n) is 17.7.